The number of likely N-dealkylation sites (tertiary alicyclic amines) is 1. The molecule has 6 atom stereocenters. The van der Waals surface area contributed by atoms with Crippen LogP contribution in [0.25, 0.3) is 0 Å². The third-order valence-electron chi connectivity index (χ3n) is 9.06. The zero-order chi connectivity index (χ0) is 37.1. The molecule has 12 nitrogen and oxygen atoms in total. The number of aromatic carboxylic acids is 1. The number of thiazole rings is 1. The molecule has 2 heterocycles. The molecule has 1 aromatic heterocycles. The molecule has 0 unspecified atom stereocenters. The highest BCUT2D eigenvalue weighted by Crippen LogP contribution is 2.32. The first kappa shape index (κ1) is 41.9. The van der Waals surface area contributed by atoms with Gasteiger partial charge in [0.25, 0.3) is 0 Å². The molecule has 1 aliphatic heterocycles. The van der Waals surface area contributed by atoms with Crippen LogP contribution in [0, 0.1) is 17.8 Å². The lowest BCUT2D eigenvalue weighted by molar-refractivity contribution is -0.149. The molecule has 0 aromatic carbocycles. The van der Waals surface area contributed by atoms with Gasteiger partial charge in [0, 0.05) is 37.9 Å². The van der Waals surface area contributed by atoms with Crippen molar-refractivity contribution in [2.75, 3.05) is 13.1 Å². The number of amides is 3. The predicted octanol–water partition coefficient (Wildman–Crippen LogP) is 6.84. The predicted molar refractivity (Wildman–Crippen MR) is 189 cm³/mol. The Kier molecular flexibility index (Phi) is 16.5. The largest absolute Gasteiger partial charge is 0.476 e. The third kappa shape index (κ3) is 12.9. The molecule has 2 rings (SSSR count). The number of piperidine rings is 1. The number of aromatic nitrogens is 1. The number of carbonyl (C=O) groups is 5. The van der Waals surface area contributed by atoms with E-state index < -0.39 is 47.9 Å². The van der Waals surface area contributed by atoms with Gasteiger partial charge in [0.1, 0.15) is 22.7 Å². The van der Waals surface area contributed by atoms with Crippen LogP contribution in [0.1, 0.15) is 142 Å². The quantitative estimate of drug-likeness (QED) is 0.131. The van der Waals surface area contributed by atoms with Crippen LogP contribution in [0.4, 0.5) is 4.79 Å². The number of hydrogen-bond acceptors (Lipinski definition) is 9. The van der Waals surface area contributed by atoms with Gasteiger partial charge in [-0.15, -0.1) is 11.3 Å². The van der Waals surface area contributed by atoms with Crippen LogP contribution >= 0.6 is 11.3 Å². The Morgan fingerprint density at radius 1 is 1.12 bits per heavy atom. The van der Waals surface area contributed by atoms with Crippen LogP contribution in [0.15, 0.2) is 5.38 Å². The molecular formula is C36H60N4O8S. The van der Waals surface area contributed by atoms with Crippen molar-refractivity contribution in [3.05, 3.63) is 16.1 Å². The summed E-state index contributed by atoms with van der Waals surface area (Å²) < 4.78 is 11.3. The molecule has 0 aliphatic carbocycles. The van der Waals surface area contributed by atoms with E-state index in [4.69, 9.17) is 9.47 Å². The second-order valence-corrected chi connectivity index (χ2v) is 15.7. The molecule has 1 saturated heterocycles. The number of esters is 1. The molecule has 1 aliphatic rings. The zero-order valence-electron chi connectivity index (χ0n) is 31.2. The summed E-state index contributed by atoms with van der Waals surface area (Å²) >= 11 is 1.10. The number of carboxylic acid groups (broad SMARTS) is 1. The zero-order valence-corrected chi connectivity index (χ0v) is 32.1. The highest BCUT2D eigenvalue weighted by molar-refractivity contribution is 7.09. The number of unbranched alkanes of at least 4 members (excludes halogenated alkanes) is 3. The maximum absolute atomic E-state index is 14.8. The SMILES string of the molecule is CCCCCCN(C(=O)[C@@H](NC(=O)[C@H]1C[C@H](C)CCN1C(=O)OC(C)(C)C)[C@@H](C)CC)[C@H](C[C@@H](OC(C)=O)c1nc(C(=O)O)cs1)C(C)C. The smallest absolute Gasteiger partial charge is 0.410 e. The Bertz CT molecular complexity index is 1260. The monoisotopic (exact) mass is 708 g/mol. The molecule has 0 saturated carbocycles. The maximum atomic E-state index is 14.8. The molecule has 0 bridgehead atoms. The van der Waals surface area contributed by atoms with E-state index >= 15 is 0 Å². The summed E-state index contributed by atoms with van der Waals surface area (Å²) in [6.07, 6.45) is 4.30. The Morgan fingerprint density at radius 2 is 1.80 bits per heavy atom. The van der Waals surface area contributed by atoms with E-state index in [0.29, 0.717) is 30.9 Å². The Labute approximate surface area is 296 Å². The van der Waals surface area contributed by atoms with Crippen molar-refractivity contribution in [3.63, 3.8) is 0 Å². The third-order valence-corrected chi connectivity index (χ3v) is 9.99. The fraction of sp³-hybridized carbons (Fsp3) is 0.778. The summed E-state index contributed by atoms with van der Waals surface area (Å²) in [6.45, 7) is 19.5. The fourth-order valence-corrected chi connectivity index (χ4v) is 6.93. The fourth-order valence-electron chi connectivity index (χ4n) is 6.10. The molecule has 0 spiro atoms. The van der Waals surface area contributed by atoms with Crippen LogP contribution in [0.5, 0.6) is 0 Å². The van der Waals surface area contributed by atoms with Crippen LogP contribution in [0.2, 0.25) is 0 Å². The average Bonchev–Trinajstić information content (AvgIpc) is 3.51. The van der Waals surface area contributed by atoms with E-state index in [-0.39, 0.29) is 41.7 Å². The first-order valence-electron chi connectivity index (χ1n) is 17.9. The number of nitrogens with zero attached hydrogens (tertiary/aromatic N) is 3. The van der Waals surface area contributed by atoms with Gasteiger partial charge >= 0.3 is 18.0 Å². The number of ether oxygens (including phenoxy) is 2. The van der Waals surface area contributed by atoms with Gasteiger partial charge in [-0.25, -0.2) is 14.6 Å². The summed E-state index contributed by atoms with van der Waals surface area (Å²) in [5.41, 5.74) is -0.860. The molecule has 0 radical (unpaired) electrons. The van der Waals surface area contributed by atoms with E-state index in [1.165, 1.54) is 17.2 Å². The molecule has 3 amide bonds. The second kappa shape index (κ2) is 19.2. The van der Waals surface area contributed by atoms with E-state index in [9.17, 15) is 29.1 Å². The lowest BCUT2D eigenvalue weighted by Gasteiger charge is -2.41. The highest BCUT2D eigenvalue weighted by atomic mass is 32.1. The molecule has 49 heavy (non-hydrogen) atoms. The van der Waals surface area contributed by atoms with E-state index in [1.54, 1.807) is 20.8 Å². The summed E-state index contributed by atoms with van der Waals surface area (Å²) in [5.74, 6) is -2.44. The minimum Gasteiger partial charge on any atom is -0.476 e. The lowest BCUT2D eigenvalue weighted by atomic mass is 9.90. The van der Waals surface area contributed by atoms with Crippen molar-refractivity contribution in [1.82, 2.24) is 20.1 Å². The molecule has 2 N–H and O–H groups in total. The topological polar surface area (TPSA) is 155 Å². The van der Waals surface area contributed by atoms with Crippen molar-refractivity contribution in [1.29, 1.82) is 0 Å². The summed E-state index contributed by atoms with van der Waals surface area (Å²) in [5, 5.41) is 14.3. The molecule has 1 fully saturated rings. The van der Waals surface area contributed by atoms with E-state index in [0.717, 1.165) is 43.4 Å². The van der Waals surface area contributed by atoms with Gasteiger partial charge in [-0.1, -0.05) is 67.2 Å². The van der Waals surface area contributed by atoms with Crippen LogP contribution in [-0.4, -0.2) is 86.6 Å². The minimum atomic E-state index is -1.18. The lowest BCUT2D eigenvalue weighted by Crippen LogP contribution is -2.60. The van der Waals surface area contributed by atoms with Gasteiger partial charge in [0.2, 0.25) is 11.8 Å². The van der Waals surface area contributed by atoms with Crippen molar-refractivity contribution >= 4 is 41.2 Å². The Balaban J connectivity index is 2.50. The van der Waals surface area contributed by atoms with Crippen molar-refractivity contribution in [2.24, 2.45) is 17.8 Å². The normalized spacial score (nSPS) is 19.0. The van der Waals surface area contributed by atoms with Gasteiger partial charge in [-0.2, -0.15) is 0 Å². The number of rotatable bonds is 17. The second-order valence-electron chi connectivity index (χ2n) is 14.8. The Morgan fingerprint density at radius 3 is 2.33 bits per heavy atom. The number of carbonyl (C=O) groups excluding carboxylic acids is 4. The molecule has 13 heteroatoms. The summed E-state index contributed by atoms with van der Waals surface area (Å²) in [7, 11) is 0. The van der Waals surface area contributed by atoms with Gasteiger partial charge in [0.05, 0.1) is 0 Å². The van der Waals surface area contributed by atoms with Crippen LogP contribution < -0.4 is 5.32 Å². The standard InChI is InChI=1S/C36H60N4O8S/c1-11-13-14-15-17-39(27(22(3)4)20-29(47-25(7)41)32-37-26(21-49-32)34(44)45)33(43)30(24(6)12-2)38-31(42)28-19-23(5)16-18-40(28)35(46)48-36(8,9)10/h21-24,27-30H,11-20H2,1-10H3,(H,38,42)(H,44,45)/t23-,24+,27-,28-,29-,30+/m1/s1. The first-order chi connectivity index (χ1) is 22.9. The van der Waals surface area contributed by atoms with Gasteiger partial charge < -0.3 is 24.8 Å². The average molecular weight is 709 g/mol. The van der Waals surface area contributed by atoms with Crippen molar-refractivity contribution < 1.29 is 38.6 Å². The van der Waals surface area contributed by atoms with Gasteiger partial charge in [-0.3, -0.25) is 19.3 Å². The van der Waals surface area contributed by atoms with Crippen molar-refractivity contribution in [3.8, 4) is 0 Å². The van der Waals surface area contributed by atoms with Gasteiger partial charge in [-0.05, 0) is 57.8 Å². The van der Waals surface area contributed by atoms with E-state index in [2.05, 4.69) is 24.1 Å². The first-order valence-corrected chi connectivity index (χ1v) is 18.7. The highest BCUT2D eigenvalue weighted by Gasteiger charge is 2.41. The number of nitrogens with one attached hydrogen (secondary N) is 1. The Hall–Kier alpha value is -3.22. The number of carboxylic acids is 1. The molecule has 278 valence electrons. The number of hydrogen-bond donors (Lipinski definition) is 2. The molecule has 1 aromatic rings. The maximum Gasteiger partial charge on any atom is 0.410 e. The minimum absolute atomic E-state index is 0.0813. The van der Waals surface area contributed by atoms with Crippen LogP contribution in [0.3, 0.4) is 0 Å². The molecular weight excluding hydrogens is 648 g/mol. The van der Waals surface area contributed by atoms with Crippen LogP contribution in [-0.2, 0) is 23.9 Å². The van der Waals surface area contributed by atoms with E-state index in [1.807, 2.05) is 32.6 Å². The van der Waals surface area contributed by atoms with Gasteiger partial charge in [0.15, 0.2) is 11.8 Å². The van der Waals surface area contributed by atoms with Crippen molar-refractivity contribution in [2.45, 2.75) is 150 Å². The summed E-state index contributed by atoms with van der Waals surface area (Å²) in [6, 6.07) is -2.07. The summed E-state index contributed by atoms with van der Waals surface area (Å²) in [4.78, 5) is 73.4.